The minimum atomic E-state index is -0.0361. The highest BCUT2D eigenvalue weighted by atomic mass is 16.5. The zero-order chi connectivity index (χ0) is 17.4. The third-order valence-corrected chi connectivity index (χ3v) is 3.79. The monoisotopic (exact) mass is 325 g/mol. The third kappa shape index (κ3) is 6.07. The van der Waals surface area contributed by atoms with E-state index < -0.39 is 0 Å². The van der Waals surface area contributed by atoms with E-state index >= 15 is 0 Å². The summed E-state index contributed by atoms with van der Waals surface area (Å²) in [4.78, 5) is 12.3. The molecule has 128 valence electrons. The molecule has 1 atom stereocenters. The highest BCUT2D eigenvalue weighted by Gasteiger charge is 2.10. The molecular formula is C21H27NO2. The van der Waals surface area contributed by atoms with E-state index in [2.05, 4.69) is 31.3 Å². The van der Waals surface area contributed by atoms with E-state index in [1.165, 1.54) is 5.56 Å². The molecule has 0 radical (unpaired) electrons. The maximum atomic E-state index is 12.3. The second kappa shape index (κ2) is 9.11. The van der Waals surface area contributed by atoms with Crippen molar-refractivity contribution in [3.05, 3.63) is 65.7 Å². The molecule has 0 aromatic heterocycles. The normalized spacial score (nSPS) is 12.0. The topological polar surface area (TPSA) is 38.3 Å². The van der Waals surface area contributed by atoms with Crippen LogP contribution >= 0.6 is 0 Å². The Bertz CT molecular complexity index is 620. The van der Waals surface area contributed by atoms with Gasteiger partial charge in [0, 0.05) is 11.6 Å². The Morgan fingerprint density at radius 1 is 1.00 bits per heavy atom. The Morgan fingerprint density at radius 3 is 2.29 bits per heavy atom. The number of aryl methyl sites for hydroxylation is 1. The van der Waals surface area contributed by atoms with Crippen LogP contribution in [0.4, 0.5) is 0 Å². The van der Waals surface area contributed by atoms with Crippen LogP contribution in [0, 0.1) is 5.92 Å². The molecule has 2 rings (SSSR count). The van der Waals surface area contributed by atoms with Crippen molar-refractivity contribution < 1.29 is 9.53 Å². The van der Waals surface area contributed by atoms with Crippen molar-refractivity contribution in [2.24, 2.45) is 5.92 Å². The van der Waals surface area contributed by atoms with E-state index in [1.807, 2.05) is 49.4 Å². The van der Waals surface area contributed by atoms with Gasteiger partial charge in [-0.25, -0.2) is 0 Å². The van der Waals surface area contributed by atoms with E-state index in [0.717, 1.165) is 18.6 Å². The van der Waals surface area contributed by atoms with Gasteiger partial charge in [-0.15, -0.1) is 0 Å². The van der Waals surface area contributed by atoms with Crippen LogP contribution in [0.1, 0.15) is 43.1 Å². The van der Waals surface area contributed by atoms with Crippen LogP contribution in [0.2, 0.25) is 0 Å². The first-order valence-electron chi connectivity index (χ1n) is 8.62. The van der Waals surface area contributed by atoms with Gasteiger partial charge in [-0.2, -0.15) is 0 Å². The van der Waals surface area contributed by atoms with Crippen molar-refractivity contribution >= 4 is 5.91 Å². The predicted molar refractivity (Wildman–Crippen MR) is 98.5 cm³/mol. The van der Waals surface area contributed by atoms with Crippen molar-refractivity contribution in [1.29, 1.82) is 0 Å². The average Bonchev–Trinajstić information content (AvgIpc) is 2.59. The van der Waals surface area contributed by atoms with Crippen molar-refractivity contribution in [3.63, 3.8) is 0 Å². The van der Waals surface area contributed by atoms with Gasteiger partial charge >= 0.3 is 0 Å². The number of amides is 1. The summed E-state index contributed by atoms with van der Waals surface area (Å²) >= 11 is 0. The summed E-state index contributed by atoms with van der Waals surface area (Å²) in [7, 11) is 0. The zero-order valence-electron chi connectivity index (χ0n) is 14.8. The minimum Gasteiger partial charge on any atom is -0.493 e. The lowest BCUT2D eigenvalue weighted by molar-refractivity contribution is 0.0938. The number of rotatable bonds is 8. The fourth-order valence-corrected chi connectivity index (χ4v) is 2.37. The molecule has 1 unspecified atom stereocenters. The van der Waals surface area contributed by atoms with Crippen molar-refractivity contribution in [2.75, 3.05) is 6.61 Å². The molecule has 0 saturated carbocycles. The second-order valence-electron chi connectivity index (χ2n) is 6.63. The highest BCUT2D eigenvalue weighted by molar-refractivity contribution is 5.94. The molecule has 0 aliphatic carbocycles. The van der Waals surface area contributed by atoms with Gasteiger partial charge in [-0.3, -0.25) is 4.79 Å². The summed E-state index contributed by atoms with van der Waals surface area (Å²) in [6.07, 6.45) is 1.88. The van der Waals surface area contributed by atoms with Gasteiger partial charge in [0.2, 0.25) is 0 Å². The van der Waals surface area contributed by atoms with Crippen LogP contribution in [0.25, 0.3) is 0 Å². The summed E-state index contributed by atoms with van der Waals surface area (Å²) < 4.78 is 5.64. The SMILES string of the molecule is CC(C)COc1ccc(C(=O)NC(C)CCc2ccccc2)cc1. The predicted octanol–water partition coefficient (Wildman–Crippen LogP) is 4.47. The summed E-state index contributed by atoms with van der Waals surface area (Å²) in [5.41, 5.74) is 1.96. The van der Waals surface area contributed by atoms with E-state index in [1.54, 1.807) is 0 Å². The molecule has 1 amide bonds. The number of nitrogens with one attached hydrogen (secondary N) is 1. The van der Waals surface area contributed by atoms with Crippen LogP contribution in [0.3, 0.4) is 0 Å². The number of carbonyl (C=O) groups is 1. The molecule has 0 aliphatic heterocycles. The Kier molecular flexibility index (Phi) is 6.86. The number of ether oxygens (including phenoxy) is 1. The van der Waals surface area contributed by atoms with Gasteiger partial charge in [-0.1, -0.05) is 44.2 Å². The third-order valence-electron chi connectivity index (χ3n) is 3.79. The van der Waals surface area contributed by atoms with E-state index in [4.69, 9.17) is 4.74 Å². The lowest BCUT2D eigenvalue weighted by Crippen LogP contribution is -2.32. The van der Waals surface area contributed by atoms with Crippen LogP contribution < -0.4 is 10.1 Å². The van der Waals surface area contributed by atoms with Crippen molar-refractivity contribution in [1.82, 2.24) is 5.32 Å². The summed E-state index contributed by atoms with van der Waals surface area (Å²) in [6, 6.07) is 17.8. The number of hydrogen-bond acceptors (Lipinski definition) is 2. The molecule has 0 bridgehead atoms. The first-order valence-corrected chi connectivity index (χ1v) is 8.62. The van der Waals surface area contributed by atoms with Gasteiger partial charge in [-0.05, 0) is 55.5 Å². The minimum absolute atomic E-state index is 0.0361. The van der Waals surface area contributed by atoms with Crippen molar-refractivity contribution in [2.45, 2.75) is 39.7 Å². The summed E-state index contributed by atoms with van der Waals surface area (Å²) in [6.45, 7) is 6.94. The lowest BCUT2D eigenvalue weighted by Gasteiger charge is -2.14. The average molecular weight is 325 g/mol. The molecular weight excluding hydrogens is 298 g/mol. The zero-order valence-corrected chi connectivity index (χ0v) is 14.8. The lowest BCUT2D eigenvalue weighted by atomic mass is 10.1. The quantitative estimate of drug-likeness (QED) is 0.777. The van der Waals surface area contributed by atoms with Gasteiger partial charge in [0.1, 0.15) is 5.75 Å². The summed E-state index contributed by atoms with van der Waals surface area (Å²) in [5.74, 6) is 1.25. The Morgan fingerprint density at radius 2 is 1.67 bits per heavy atom. The first-order chi connectivity index (χ1) is 11.5. The van der Waals surface area contributed by atoms with Gasteiger partial charge in [0.15, 0.2) is 0 Å². The molecule has 2 aromatic rings. The van der Waals surface area contributed by atoms with Gasteiger partial charge < -0.3 is 10.1 Å². The fraction of sp³-hybridized carbons (Fsp3) is 0.381. The molecule has 24 heavy (non-hydrogen) atoms. The molecule has 2 aromatic carbocycles. The Balaban J connectivity index is 1.80. The number of hydrogen-bond donors (Lipinski definition) is 1. The Hall–Kier alpha value is -2.29. The maximum absolute atomic E-state index is 12.3. The van der Waals surface area contributed by atoms with Gasteiger partial charge in [0.25, 0.3) is 5.91 Å². The standard InChI is InChI=1S/C21H27NO2/c1-16(2)15-24-20-13-11-19(12-14-20)21(23)22-17(3)9-10-18-7-5-4-6-8-18/h4-8,11-14,16-17H,9-10,15H2,1-3H3,(H,22,23). The van der Waals surface area contributed by atoms with Crippen LogP contribution in [0.5, 0.6) is 5.75 Å². The molecule has 0 spiro atoms. The summed E-state index contributed by atoms with van der Waals surface area (Å²) in [5, 5.41) is 3.06. The van der Waals surface area contributed by atoms with Crippen LogP contribution in [-0.4, -0.2) is 18.6 Å². The molecule has 0 aliphatic rings. The number of carbonyl (C=O) groups excluding carboxylic acids is 1. The van der Waals surface area contributed by atoms with Crippen molar-refractivity contribution in [3.8, 4) is 5.75 Å². The molecule has 0 heterocycles. The molecule has 1 N–H and O–H groups in total. The van der Waals surface area contributed by atoms with Crippen LogP contribution in [0.15, 0.2) is 54.6 Å². The Labute approximate surface area is 145 Å². The smallest absolute Gasteiger partial charge is 0.251 e. The molecule has 0 fully saturated rings. The van der Waals surface area contributed by atoms with E-state index in [0.29, 0.717) is 18.1 Å². The molecule has 0 saturated heterocycles. The van der Waals surface area contributed by atoms with Crippen LogP contribution in [-0.2, 0) is 6.42 Å². The first kappa shape index (κ1) is 18.1. The van der Waals surface area contributed by atoms with Gasteiger partial charge in [0.05, 0.1) is 6.61 Å². The van der Waals surface area contributed by atoms with E-state index in [9.17, 15) is 4.79 Å². The second-order valence-corrected chi connectivity index (χ2v) is 6.63. The fourth-order valence-electron chi connectivity index (χ4n) is 2.37. The van der Waals surface area contributed by atoms with E-state index in [-0.39, 0.29) is 11.9 Å². The molecule has 3 heteroatoms. The highest BCUT2D eigenvalue weighted by Crippen LogP contribution is 2.14. The largest absolute Gasteiger partial charge is 0.493 e. The number of benzene rings is 2. The maximum Gasteiger partial charge on any atom is 0.251 e. The molecule has 3 nitrogen and oxygen atoms in total.